The summed E-state index contributed by atoms with van der Waals surface area (Å²) in [5.74, 6) is -1.12. The van der Waals surface area contributed by atoms with Crippen LogP contribution in [0.3, 0.4) is 0 Å². The molecule has 0 fully saturated rings. The highest BCUT2D eigenvalue weighted by atomic mass is 16.5. The minimum atomic E-state index is -0.653. The van der Waals surface area contributed by atoms with Gasteiger partial charge in [0, 0.05) is 24.6 Å². The highest BCUT2D eigenvalue weighted by molar-refractivity contribution is 5.97. The van der Waals surface area contributed by atoms with Gasteiger partial charge in [0.1, 0.15) is 23.2 Å². The van der Waals surface area contributed by atoms with E-state index >= 15 is 0 Å². The van der Waals surface area contributed by atoms with Gasteiger partial charge in [-0.05, 0) is 42.9 Å². The van der Waals surface area contributed by atoms with E-state index in [0.29, 0.717) is 24.1 Å². The van der Waals surface area contributed by atoms with Crippen LogP contribution in [0.4, 0.5) is 0 Å². The molecule has 1 aliphatic rings. The first-order chi connectivity index (χ1) is 13.5. The number of hydrogen-bond donors (Lipinski definition) is 3. The number of benzene rings is 2. The van der Waals surface area contributed by atoms with Crippen molar-refractivity contribution in [2.24, 2.45) is 0 Å². The summed E-state index contributed by atoms with van der Waals surface area (Å²) in [6.07, 6.45) is 7.75. The number of aromatic hydroxyl groups is 2. The Morgan fingerprint density at radius 1 is 1.04 bits per heavy atom. The van der Waals surface area contributed by atoms with Gasteiger partial charge in [0.2, 0.25) is 0 Å². The van der Waals surface area contributed by atoms with Crippen LogP contribution in [0.1, 0.15) is 59.7 Å². The number of cyclic esters (lactones) is 1. The number of rotatable bonds is 1. The molecule has 0 spiro atoms. The normalized spacial score (nSPS) is 19.9. The lowest BCUT2D eigenvalue weighted by molar-refractivity contribution is 0.0299. The minimum Gasteiger partial charge on any atom is -0.508 e. The van der Waals surface area contributed by atoms with E-state index in [0.717, 1.165) is 30.9 Å². The number of esters is 1. The van der Waals surface area contributed by atoms with Crippen LogP contribution < -0.4 is 0 Å². The van der Waals surface area contributed by atoms with E-state index in [1.807, 2.05) is 36.4 Å². The number of carbonyl (C=O) groups is 1. The van der Waals surface area contributed by atoms with Gasteiger partial charge < -0.3 is 20.4 Å². The van der Waals surface area contributed by atoms with Crippen molar-refractivity contribution in [3.05, 3.63) is 71.3 Å². The zero-order valence-corrected chi connectivity index (χ0v) is 15.7. The molecule has 0 saturated heterocycles. The number of fused-ring (bicyclic) bond motifs is 1. The van der Waals surface area contributed by atoms with E-state index in [1.54, 1.807) is 0 Å². The van der Waals surface area contributed by atoms with Gasteiger partial charge in [0.05, 0.1) is 0 Å². The van der Waals surface area contributed by atoms with Crippen molar-refractivity contribution in [3.8, 4) is 11.5 Å². The summed E-state index contributed by atoms with van der Waals surface area (Å²) < 4.78 is 5.76. The van der Waals surface area contributed by atoms with Crippen LogP contribution in [-0.2, 0) is 11.2 Å². The minimum absolute atomic E-state index is 0.0181. The monoisotopic (exact) mass is 379 g/mol. The lowest BCUT2D eigenvalue weighted by Crippen LogP contribution is -2.15. The van der Waals surface area contributed by atoms with E-state index in [9.17, 15) is 15.0 Å². The molecule has 0 amide bonds. The number of phenolic OH excluding ortho intramolecular Hbond substituents is 2. The van der Waals surface area contributed by atoms with E-state index < -0.39 is 12.1 Å². The molecule has 1 aliphatic heterocycles. The summed E-state index contributed by atoms with van der Waals surface area (Å²) in [5, 5.41) is 28.4. The third-order valence-electron chi connectivity index (χ3n) is 4.83. The van der Waals surface area contributed by atoms with Gasteiger partial charge in [-0.15, -0.1) is 0 Å². The molecule has 0 radical (unpaired) electrons. The Morgan fingerprint density at radius 3 is 2.61 bits per heavy atom. The van der Waals surface area contributed by atoms with Gasteiger partial charge in [-0.3, -0.25) is 0 Å². The van der Waals surface area contributed by atoms with Crippen LogP contribution in [0.25, 0.3) is 0 Å². The lowest BCUT2D eigenvalue weighted by Gasteiger charge is -2.19. The average Bonchev–Trinajstić information content (AvgIpc) is 2.65. The van der Waals surface area contributed by atoms with Gasteiger partial charge in [-0.1, -0.05) is 42.5 Å². The summed E-state index contributed by atoms with van der Waals surface area (Å²) in [6, 6.07) is 12.1. The fourth-order valence-corrected chi connectivity index (χ4v) is 3.41. The largest absolute Gasteiger partial charge is 0.508 e. The van der Waals surface area contributed by atoms with Crippen molar-refractivity contribution in [1.82, 2.24) is 0 Å². The fraction of sp³-hybridized carbons (Fsp3) is 0.304. The van der Waals surface area contributed by atoms with Gasteiger partial charge in [-0.2, -0.15) is 0 Å². The molecule has 146 valence electrons. The van der Waals surface area contributed by atoms with Crippen molar-refractivity contribution in [2.45, 2.75) is 44.6 Å². The molecule has 2 aromatic rings. The first kappa shape index (κ1) is 19.7. The molecule has 5 heteroatoms. The Hall–Kier alpha value is -3.08. The Balaban J connectivity index is 1.98. The molecule has 2 aromatic carbocycles. The maximum Gasteiger partial charge on any atom is 0.342 e. The van der Waals surface area contributed by atoms with Crippen LogP contribution in [0.5, 0.6) is 11.5 Å². The van der Waals surface area contributed by atoms with E-state index in [1.165, 1.54) is 6.07 Å². The molecule has 3 rings (SSSR count). The van der Waals surface area contributed by atoms with Gasteiger partial charge in [-0.25, -0.2) is 4.79 Å². The van der Waals surface area contributed by atoms with Crippen LogP contribution in [-0.4, -0.2) is 21.9 Å². The quantitative estimate of drug-likeness (QED) is 0.476. The summed E-state index contributed by atoms with van der Waals surface area (Å²) in [5.41, 5.74) is 1.76. The molecule has 0 aliphatic carbocycles. The molecule has 0 saturated carbocycles. The van der Waals surface area contributed by atoms with Crippen molar-refractivity contribution in [1.29, 1.82) is 5.41 Å². The molecule has 1 heterocycles. The van der Waals surface area contributed by atoms with Crippen molar-refractivity contribution in [2.75, 3.05) is 0 Å². The Labute approximate surface area is 164 Å². The molecular formula is C23H25NO4. The second-order valence-electron chi connectivity index (χ2n) is 7.04. The molecule has 0 aromatic heterocycles. The number of nitrogens with one attached hydrogen (secondary N) is 1. The zero-order valence-electron chi connectivity index (χ0n) is 15.7. The number of hydrogen-bond acceptors (Lipinski definition) is 5. The number of phenols is 2. The highest BCUT2D eigenvalue weighted by Gasteiger charge is 2.24. The van der Waals surface area contributed by atoms with E-state index in [2.05, 4.69) is 6.08 Å². The first-order valence-corrected chi connectivity index (χ1v) is 9.56. The van der Waals surface area contributed by atoms with Gasteiger partial charge in [0.25, 0.3) is 0 Å². The molecule has 1 atom stereocenters. The van der Waals surface area contributed by atoms with Crippen LogP contribution in [0.2, 0.25) is 0 Å². The van der Waals surface area contributed by atoms with Crippen LogP contribution >= 0.6 is 0 Å². The maximum absolute atomic E-state index is 12.9. The summed E-state index contributed by atoms with van der Waals surface area (Å²) in [7, 11) is 0. The molecule has 5 nitrogen and oxygen atoms in total. The molecule has 3 N–H and O–H groups in total. The molecule has 1 unspecified atom stereocenters. The predicted octanol–water partition coefficient (Wildman–Crippen LogP) is 5.08. The van der Waals surface area contributed by atoms with Crippen molar-refractivity contribution < 1.29 is 19.7 Å². The predicted molar refractivity (Wildman–Crippen MR) is 108 cm³/mol. The lowest BCUT2D eigenvalue weighted by atomic mass is 9.97. The van der Waals surface area contributed by atoms with E-state index in [4.69, 9.17) is 10.1 Å². The first-order valence-electron chi connectivity index (χ1n) is 9.56. The fourth-order valence-electron chi connectivity index (χ4n) is 3.41. The summed E-state index contributed by atoms with van der Waals surface area (Å²) in [6.45, 7) is 0. The zero-order chi connectivity index (χ0) is 19.9. The van der Waals surface area contributed by atoms with E-state index in [-0.39, 0.29) is 23.5 Å². The second-order valence-corrected chi connectivity index (χ2v) is 7.04. The average molecular weight is 379 g/mol. The second kappa shape index (κ2) is 9.22. The standard InChI is InChI=1S/C23H25NO4/c24-18-11-7-2-1-3-8-12-21(16-9-5-4-6-10-16)28-23(27)22-17(13-18)14-19(25)15-20(22)26/h3-6,8-10,14-15,21,24-26H,1-2,7,11-13H2/b8-3+,24-18?. The molecule has 28 heavy (non-hydrogen) atoms. The van der Waals surface area contributed by atoms with Gasteiger partial charge >= 0.3 is 5.97 Å². The molecule has 0 bridgehead atoms. The SMILES string of the molecule is N=C1CCCC/C=C/CC(c2ccccc2)OC(=O)c2c(O)cc(O)cc2C1. The van der Waals surface area contributed by atoms with Gasteiger partial charge in [0.15, 0.2) is 0 Å². The van der Waals surface area contributed by atoms with Crippen LogP contribution in [0.15, 0.2) is 54.6 Å². The Bertz CT molecular complexity index is 874. The summed E-state index contributed by atoms with van der Waals surface area (Å²) >= 11 is 0. The Morgan fingerprint density at radius 2 is 1.82 bits per heavy atom. The highest BCUT2D eigenvalue weighted by Crippen LogP contribution is 2.32. The number of ether oxygens (including phenoxy) is 1. The summed E-state index contributed by atoms with van der Waals surface area (Å²) in [4.78, 5) is 12.9. The Kier molecular flexibility index (Phi) is 6.48. The van der Waals surface area contributed by atoms with Crippen molar-refractivity contribution >= 4 is 11.7 Å². The van der Waals surface area contributed by atoms with Crippen LogP contribution in [0, 0.1) is 5.41 Å². The molecular weight excluding hydrogens is 354 g/mol. The third kappa shape index (κ3) is 5.00. The maximum atomic E-state index is 12.9. The third-order valence-corrected chi connectivity index (χ3v) is 4.83. The topological polar surface area (TPSA) is 90.6 Å². The number of allylic oxidation sites excluding steroid dienone is 1. The smallest absolute Gasteiger partial charge is 0.342 e. The number of carbonyl (C=O) groups excluding carboxylic acids is 1. The van der Waals surface area contributed by atoms with Crippen molar-refractivity contribution in [3.63, 3.8) is 0 Å².